The number of carbonyl (C=O) groups is 2. The van der Waals surface area contributed by atoms with Crippen LogP contribution in [-0.2, 0) is 0 Å². The molecular formula is C24H34N4O2. The Labute approximate surface area is 180 Å². The minimum absolute atomic E-state index is 0.0138. The Morgan fingerprint density at radius 2 is 1.27 bits per heavy atom. The maximum absolute atomic E-state index is 12.7. The summed E-state index contributed by atoms with van der Waals surface area (Å²) in [7, 11) is 4.19. The molecule has 6 heteroatoms. The quantitative estimate of drug-likeness (QED) is 0.707. The van der Waals surface area contributed by atoms with Gasteiger partial charge < -0.3 is 20.4 Å². The molecule has 30 heavy (non-hydrogen) atoms. The van der Waals surface area contributed by atoms with Crippen molar-refractivity contribution in [1.82, 2.24) is 20.4 Å². The zero-order valence-electron chi connectivity index (χ0n) is 18.6. The molecule has 0 aromatic heterocycles. The summed E-state index contributed by atoms with van der Waals surface area (Å²) in [6.07, 6.45) is 6.31. The zero-order valence-corrected chi connectivity index (χ0v) is 18.6. The predicted octanol–water partition coefficient (Wildman–Crippen LogP) is 2.45. The number of benzene rings is 1. The number of rotatable bonds is 6. The number of likely N-dealkylation sites (N-methyl/N-ethyl adjacent to an activating group) is 2. The maximum Gasteiger partial charge on any atom is 0.251 e. The highest BCUT2D eigenvalue weighted by molar-refractivity contribution is 6.00. The van der Waals surface area contributed by atoms with Gasteiger partial charge in [0.25, 0.3) is 11.8 Å². The lowest BCUT2D eigenvalue weighted by Gasteiger charge is -2.26. The Balaban J connectivity index is 1.60. The van der Waals surface area contributed by atoms with Crippen molar-refractivity contribution < 1.29 is 9.59 Å². The lowest BCUT2D eigenvalue weighted by molar-refractivity contribution is 0.0943. The first kappa shape index (κ1) is 22.2. The fourth-order valence-electron chi connectivity index (χ4n) is 3.91. The molecule has 2 aliphatic rings. The monoisotopic (exact) mass is 410 g/mol. The third-order valence-corrected chi connectivity index (χ3v) is 6.09. The van der Waals surface area contributed by atoms with E-state index in [0.29, 0.717) is 11.1 Å². The van der Waals surface area contributed by atoms with Crippen molar-refractivity contribution in [2.24, 2.45) is 0 Å². The second kappa shape index (κ2) is 10.0. The molecule has 2 atom stereocenters. The van der Waals surface area contributed by atoms with Gasteiger partial charge in [-0.05, 0) is 70.1 Å². The summed E-state index contributed by atoms with van der Waals surface area (Å²) >= 11 is 0. The number of nitrogens with one attached hydrogen (secondary N) is 2. The molecule has 0 fully saturated rings. The van der Waals surface area contributed by atoms with Gasteiger partial charge in [-0.1, -0.05) is 18.2 Å². The Bertz CT molecular complexity index is 780. The lowest BCUT2D eigenvalue weighted by atomic mass is 10.0. The summed E-state index contributed by atoms with van der Waals surface area (Å²) in [5.74, 6) is -0.300. The molecule has 0 bridgehead atoms. The average Bonchev–Trinajstić information content (AvgIpc) is 2.74. The van der Waals surface area contributed by atoms with Crippen LogP contribution in [0.15, 0.2) is 47.6 Å². The van der Waals surface area contributed by atoms with Crippen molar-refractivity contribution in [2.75, 3.05) is 40.3 Å². The van der Waals surface area contributed by atoms with Crippen molar-refractivity contribution in [3.8, 4) is 0 Å². The SMILES string of the molecule is CC(NC(=O)c1cccc(C(=O)NC(C)C2=CCN(C)CC2)c1)C1=CCN(C)CC1. The molecule has 1 aromatic rings. The zero-order chi connectivity index (χ0) is 21.7. The molecule has 2 amide bonds. The second-order valence-electron chi connectivity index (χ2n) is 8.55. The first-order chi connectivity index (χ1) is 14.3. The first-order valence-electron chi connectivity index (χ1n) is 10.8. The van der Waals surface area contributed by atoms with Gasteiger partial charge >= 0.3 is 0 Å². The third-order valence-electron chi connectivity index (χ3n) is 6.09. The molecule has 2 aliphatic heterocycles. The van der Waals surface area contributed by atoms with E-state index in [1.807, 2.05) is 13.8 Å². The predicted molar refractivity (Wildman–Crippen MR) is 121 cm³/mol. The summed E-state index contributed by atoms with van der Waals surface area (Å²) in [4.78, 5) is 30.0. The van der Waals surface area contributed by atoms with Crippen LogP contribution >= 0.6 is 0 Å². The lowest BCUT2D eigenvalue weighted by Crippen LogP contribution is -2.38. The van der Waals surface area contributed by atoms with Crippen LogP contribution in [0.2, 0.25) is 0 Å². The molecule has 0 spiro atoms. The summed E-state index contributed by atoms with van der Waals surface area (Å²) < 4.78 is 0. The molecule has 0 aliphatic carbocycles. The second-order valence-corrected chi connectivity index (χ2v) is 8.55. The maximum atomic E-state index is 12.7. The van der Waals surface area contributed by atoms with E-state index < -0.39 is 0 Å². The molecule has 3 rings (SSSR count). The highest BCUT2D eigenvalue weighted by atomic mass is 16.2. The van der Waals surface area contributed by atoms with Crippen LogP contribution < -0.4 is 10.6 Å². The van der Waals surface area contributed by atoms with Gasteiger partial charge in [-0.3, -0.25) is 9.59 Å². The Morgan fingerprint density at radius 3 is 1.63 bits per heavy atom. The highest BCUT2D eigenvalue weighted by Gasteiger charge is 2.19. The molecule has 0 saturated carbocycles. The van der Waals surface area contributed by atoms with Gasteiger partial charge in [0, 0.05) is 49.4 Å². The van der Waals surface area contributed by atoms with Crippen LogP contribution in [0.3, 0.4) is 0 Å². The van der Waals surface area contributed by atoms with Crippen molar-refractivity contribution in [1.29, 1.82) is 0 Å². The van der Waals surface area contributed by atoms with Gasteiger partial charge in [0.2, 0.25) is 0 Å². The van der Waals surface area contributed by atoms with Gasteiger partial charge in [-0.15, -0.1) is 0 Å². The normalized spacial score (nSPS) is 20.0. The highest BCUT2D eigenvalue weighted by Crippen LogP contribution is 2.16. The van der Waals surface area contributed by atoms with Crippen LogP contribution in [0.25, 0.3) is 0 Å². The van der Waals surface area contributed by atoms with Gasteiger partial charge in [-0.2, -0.15) is 0 Å². The molecule has 6 nitrogen and oxygen atoms in total. The molecular weight excluding hydrogens is 376 g/mol. The number of hydrogen-bond donors (Lipinski definition) is 2. The number of nitrogens with zero attached hydrogens (tertiary/aromatic N) is 2. The van der Waals surface area contributed by atoms with Crippen LogP contribution in [0.4, 0.5) is 0 Å². The van der Waals surface area contributed by atoms with E-state index >= 15 is 0 Å². The largest absolute Gasteiger partial charge is 0.346 e. The van der Waals surface area contributed by atoms with E-state index in [1.54, 1.807) is 24.3 Å². The van der Waals surface area contributed by atoms with Crippen LogP contribution in [0.5, 0.6) is 0 Å². The average molecular weight is 411 g/mol. The van der Waals surface area contributed by atoms with E-state index in [1.165, 1.54) is 11.1 Å². The molecule has 0 radical (unpaired) electrons. The Hall–Kier alpha value is -2.44. The molecule has 162 valence electrons. The Kier molecular flexibility index (Phi) is 7.45. The van der Waals surface area contributed by atoms with E-state index in [4.69, 9.17) is 0 Å². The summed E-state index contributed by atoms with van der Waals surface area (Å²) in [5, 5.41) is 6.14. The van der Waals surface area contributed by atoms with E-state index in [0.717, 1.165) is 39.0 Å². The molecule has 1 aromatic carbocycles. The van der Waals surface area contributed by atoms with Crippen molar-refractivity contribution in [2.45, 2.75) is 38.8 Å². The molecule has 2 unspecified atom stereocenters. The molecule has 0 saturated heterocycles. The fraction of sp³-hybridized carbons (Fsp3) is 0.500. The van der Waals surface area contributed by atoms with Crippen molar-refractivity contribution >= 4 is 11.8 Å². The molecule has 2 heterocycles. The van der Waals surface area contributed by atoms with Gasteiger partial charge in [0.05, 0.1) is 0 Å². The summed E-state index contributed by atoms with van der Waals surface area (Å²) in [6.45, 7) is 7.87. The first-order valence-corrected chi connectivity index (χ1v) is 10.8. The van der Waals surface area contributed by atoms with Crippen molar-refractivity contribution in [3.63, 3.8) is 0 Å². The smallest absolute Gasteiger partial charge is 0.251 e. The van der Waals surface area contributed by atoms with Crippen molar-refractivity contribution in [3.05, 3.63) is 58.7 Å². The van der Waals surface area contributed by atoms with Gasteiger partial charge in [0.15, 0.2) is 0 Å². The van der Waals surface area contributed by atoms with Crippen LogP contribution in [0, 0.1) is 0 Å². The van der Waals surface area contributed by atoms with E-state index in [2.05, 4.69) is 46.7 Å². The number of carbonyl (C=O) groups excluding carboxylic acids is 2. The van der Waals surface area contributed by atoms with Gasteiger partial charge in [0.1, 0.15) is 0 Å². The van der Waals surface area contributed by atoms with E-state index in [-0.39, 0.29) is 23.9 Å². The van der Waals surface area contributed by atoms with Crippen LogP contribution in [-0.4, -0.2) is 74.0 Å². The van der Waals surface area contributed by atoms with E-state index in [9.17, 15) is 9.59 Å². The van der Waals surface area contributed by atoms with Gasteiger partial charge in [-0.25, -0.2) is 0 Å². The minimum atomic E-state index is -0.150. The fourth-order valence-corrected chi connectivity index (χ4v) is 3.91. The topological polar surface area (TPSA) is 64.7 Å². The third kappa shape index (κ3) is 5.80. The Morgan fingerprint density at radius 1 is 0.833 bits per heavy atom. The number of hydrogen-bond acceptors (Lipinski definition) is 4. The minimum Gasteiger partial charge on any atom is -0.346 e. The summed E-state index contributed by atoms with van der Waals surface area (Å²) in [5.41, 5.74) is 3.54. The standard InChI is InChI=1S/C24H34N4O2/c1-17(19-8-12-27(3)13-9-19)25-23(29)21-6-5-7-22(16-21)24(30)26-18(2)20-10-14-28(4)15-11-20/h5-8,10,16-18H,9,11-15H2,1-4H3,(H,25,29)(H,26,30). The summed E-state index contributed by atoms with van der Waals surface area (Å²) in [6, 6.07) is 6.93. The number of amides is 2. The van der Waals surface area contributed by atoms with Crippen LogP contribution in [0.1, 0.15) is 47.4 Å². The molecule has 2 N–H and O–H groups in total.